The first kappa shape index (κ1) is 12.9. The summed E-state index contributed by atoms with van der Waals surface area (Å²) in [5.74, 6) is 0.560. The lowest BCUT2D eigenvalue weighted by Crippen LogP contribution is -2.62. The molecule has 2 N–H and O–H groups in total. The van der Waals surface area contributed by atoms with Gasteiger partial charge >= 0.3 is 0 Å². The molecule has 2 heterocycles. The Morgan fingerprint density at radius 3 is 2.44 bits per heavy atom. The van der Waals surface area contributed by atoms with Crippen molar-refractivity contribution in [2.75, 3.05) is 0 Å². The molecule has 0 amide bonds. The van der Waals surface area contributed by atoms with Crippen LogP contribution in [-0.4, -0.2) is 33.1 Å². The molecule has 3 heteroatoms. The third-order valence-corrected chi connectivity index (χ3v) is 6.15. The van der Waals surface area contributed by atoms with Crippen LogP contribution in [0, 0.1) is 17.8 Å². The van der Waals surface area contributed by atoms with Gasteiger partial charge in [-0.2, -0.15) is 0 Å². The quantitative estimate of drug-likeness (QED) is 0.753. The molecule has 2 unspecified atom stereocenters. The number of aliphatic hydroxyl groups is 2. The highest BCUT2D eigenvalue weighted by Gasteiger charge is 2.68. The molecule has 18 heavy (non-hydrogen) atoms. The highest BCUT2D eigenvalue weighted by atomic mass is 16.5. The first-order chi connectivity index (χ1) is 8.23. The fraction of sp³-hybridized carbons (Fsp3) is 1.00. The molecule has 2 bridgehead atoms. The number of hydrogen-bond acceptors (Lipinski definition) is 3. The van der Waals surface area contributed by atoms with Crippen molar-refractivity contribution in [3.05, 3.63) is 0 Å². The predicted octanol–water partition coefficient (Wildman–Crippen LogP) is 2.10. The zero-order valence-corrected chi connectivity index (χ0v) is 11.9. The topological polar surface area (TPSA) is 49.7 Å². The standard InChI is InChI=1S/C15H26O3/c1-9(2)15-8-7-14(4,18-15)10-5-6-13(3,17)11(10)12(15)16/h9-12,16-17H,5-8H2,1-4H3/t10?,11?,12-,13-,14-,15-/m0/s1. The smallest absolute Gasteiger partial charge is 0.0975 e. The molecule has 0 aromatic rings. The maximum absolute atomic E-state index is 10.9. The van der Waals surface area contributed by atoms with Crippen LogP contribution >= 0.6 is 0 Å². The zero-order chi connectivity index (χ0) is 13.3. The monoisotopic (exact) mass is 254 g/mol. The summed E-state index contributed by atoms with van der Waals surface area (Å²) in [4.78, 5) is 0. The summed E-state index contributed by atoms with van der Waals surface area (Å²) in [7, 11) is 0. The molecule has 0 radical (unpaired) electrons. The second-order valence-electron chi connectivity index (χ2n) is 7.50. The van der Waals surface area contributed by atoms with Crippen LogP contribution in [0.2, 0.25) is 0 Å². The highest BCUT2D eigenvalue weighted by molar-refractivity contribution is 5.17. The molecule has 3 nitrogen and oxygen atoms in total. The van der Waals surface area contributed by atoms with Gasteiger partial charge in [0.2, 0.25) is 0 Å². The van der Waals surface area contributed by atoms with E-state index in [1.807, 2.05) is 6.92 Å². The zero-order valence-electron chi connectivity index (χ0n) is 11.9. The number of aliphatic hydroxyl groups excluding tert-OH is 1. The van der Waals surface area contributed by atoms with E-state index in [0.29, 0.717) is 5.92 Å². The Hall–Kier alpha value is -0.120. The normalized spacial score (nSPS) is 59.2. The van der Waals surface area contributed by atoms with Crippen LogP contribution in [-0.2, 0) is 4.74 Å². The van der Waals surface area contributed by atoms with Crippen LogP contribution in [0.4, 0.5) is 0 Å². The van der Waals surface area contributed by atoms with Crippen molar-refractivity contribution >= 4 is 0 Å². The summed E-state index contributed by atoms with van der Waals surface area (Å²) in [6.07, 6.45) is 3.16. The minimum atomic E-state index is -0.737. The van der Waals surface area contributed by atoms with Crippen LogP contribution in [0.3, 0.4) is 0 Å². The third-order valence-electron chi connectivity index (χ3n) is 6.15. The van der Waals surface area contributed by atoms with E-state index >= 15 is 0 Å². The molecule has 3 aliphatic rings. The van der Waals surface area contributed by atoms with Crippen LogP contribution in [0.25, 0.3) is 0 Å². The van der Waals surface area contributed by atoms with Crippen LogP contribution < -0.4 is 0 Å². The Kier molecular flexibility index (Phi) is 2.51. The number of rotatable bonds is 1. The molecule has 6 atom stereocenters. The van der Waals surface area contributed by atoms with E-state index in [0.717, 1.165) is 25.7 Å². The van der Waals surface area contributed by atoms with E-state index in [1.165, 1.54) is 0 Å². The summed E-state index contributed by atoms with van der Waals surface area (Å²) >= 11 is 0. The largest absolute Gasteiger partial charge is 0.390 e. The van der Waals surface area contributed by atoms with Gasteiger partial charge in [-0.05, 0) is 51.4 Å². The average Bonchev–Trinajstić information content (AvgIpc) is 2.75. The van der Waals surface area contributed by atoms with Crippen molar-refractivity contribution in [1.82, 2.24) is 0 Å². The molecule has 0 aromatic heterocycles. The summed E-state index contributed by atoms with van der Waals surface area (Å²) < 4.78 is 6.39. The van der Waals surface area contributed by atoms with Crippen LogP contribution in [0.15, 0.2) is 0 Å². The van der Waals surface area contributed by atoms with E-state index < -0.39 is 17.3 Å². The van der Waals surface area contributed by atoms with Crippen LogP contribution in [0.1, 0.15) is 53.4 Å². The van der Waals surface area contributed by atoms with Gasteiger partial charge in [0.25, 0.3) is 0 Å². The first-order valence-corrected chi connectivity index (χ1v) is 7.34. The van der Waals surface area contributed by atoms with Crippen molar-refractivity contribution in [2.45, 2.75) is 76.3 Å². The molecule has 104 valence electrons. The van der Waals surface area contributed by atoms with Gasteiger partial charge in [0, 0.05) is 5.92 Å². The number of hydrogen-bond donors (Lipinski definition) is 2. The summed E-state index contributed by atoms with van der Waals surface area (Å²) in [5.41, 5.74) is -1.32. The van der Waals surface area contributed by atoms with Crippen molar-refractivity contribution < 1.29 is 14.9 Å². The molecule has 2 aliphatic heterocycles. The molecular formula is C15H26O3. The van der Waals surface area contributed by atoms with Gasteiger partial charge in [0.1, 0.15) is 0 Å². The van der Waals surface area contributed by atoms with Gasteiger partial charge in [0.15, 0.2) is 0 Å². The molecule has 2 saturated heterocycles. The summed E-state index contributed by atoms with van der Waals surface area (Å²) in [6, 6.07) is 0. The Bertz CT molecular complexity index is 365. The van der Waals surface area contributed by atoms with Gasteiger partial charge in [-0.3, -0.25) is 0 Å². The van der Waals surface area contributed by atoms with Crippen molar-refractivity contribution in [3.8, 4) is 0 Å². The average molecular weight is 254 g/mol. The molecule has 1 saturated carbocycles. The molecule has 3 fully saturated rings. The van der Waals surface area contributed by atoms with Crippen molar-refractivity contribution in [2.24, 2.45) is 17.8 Å². The van der Waals surface area contributed by atoms with Crippen LogP contribution in [0.5, 0.6) is 0 Å². The molecule has 1 aliphatic carbocycles. The second kappa shape index (κ2) is 3.50. The SMILES string of the molecule is CC(C)[C@]12CC[C@](C)(O1)C1CC[C@](C)(O)C1[C@@H]2O. The van der Waals surface area contributed by atoms with Gasteiger partial charge in [-0.1, -0.05) is 13.8 Å². The minimum absolute atomic E-state index is 0.0267. The fourth-order valence-electron chi connectivity index (χ4n) is 4.97. The number of ether oxygens (including phenoxy) is 1. The van der Waals surface area contributed by atoms with E-state index in [1.54, 1.807) is 0 Å². The molecule has 3 rings (SSSR count). The van der Waals surface area contributed by atoms with Crippen molar-refractivity contribution in [1.29, 1.82) is 0 Å². The summed E-state index contributed by atoms with van der Waals surface area (Å²) in [5, 5.41) is 21.5. The lowest BCUT2D eigenvalue weighted by Gasteiger charge is -2.53. The Morgan fingerprint density at radius 1 is 1.17 bits per heavy atom. The maximum Gasteiger partial charge on any atom is 0.0975 e. The summed E-state index contributed by atoms with van der Waals surface area (Å²) in [6.45, 7) is 8.32. The van der Waals surface area contributed by atoms with E-state index in [9.17, 15) is 10.2 Å². The lowest BCUT2D eigenvalue weighted by atomic mass is 9.68. The minimum Gasteiger partial charge on any atom is -0.390 e. The predicted molar refractivity (Wildman–Crippen MR) is 69.1 cm³/mol. The maximum atomic E-state index is 10.9. The van der Waals surface area contributed by atoms with Gasteiger partial charge in [0.05, 0.1) is 22.9 Å². The highest BCUT2D eigenvalue weighted by Crippen LogP contribution is 2.62. The Balaban J connectivity index is 2.06. The molecular weight excluding hydrogens is 228 g/mol. The van der Waals surface area contributed by atoms with E-state index in [2.05, 4.69) is 20.8 Å². The van der Waals surface area contributed by atoms with Crippen molar-refractivity contribution in [3.63, 3.8) is 0 Å². The Morgan fingerprint density at radius 2 is 1.83 bits per heavy atom. The fourth-order valence-corrected chi connectivity index (χ4v) is 4.97. The van der Waals surface area contributed by atoms with Gasteiger partial charge < -0.3 is 14.9 Å². The molecule has 0 aromatic carbocycles. The second-order valence-corrected chi connectivity index (χ2v) is 7.50. The first-order valence-electron chi connectivity index (χ1n) is 7.34. The lowest BCUT2D eigenvalue weighted by molar-refractivity contribution is -0.264. The molecule has 0 spiro atoms. The van der Waals surface area contributed by atoms with E-state index in [4.69, 9.17) is 4.74 Å². The van der Waals surface area contributed by atoms with E-state index in [-0.39, 0.29) is 17.4 Å². The number of fused-ring (bicyclic) bond motifs is 4. The van der Waals surface area contributed by atoms with Gasteiger partial charge in [-0.15, -0.1) is 0 Å². The Labute approximate surface area is 110 Å². The van der Waals surface area contributed by atoms with Gasteiger partial charge in [-0.25, -0.2) is 0 Å². The third kappa shape index (κ3) is 1.36.